The predicted molar refractivity (Wildman–Crippen MR) is 90.9 cm³/mol. The number of rotatable bonds is 4. The lowest BCUT2D eigenvalue weighted by Crippen LogP contribution is -2.27. The monoisotopic (exact) mass is 339 g/mol. The summed E-state index contributed by atoms with van der Waals surface area (Å²) in [6.07, 6.45) is 3.30. The summed E-state index contributed by atoms with van der Waals surface area (Å²) < 4.78 is 15.3. The Balaban J connectivity index is 1.77. The molecule has 1 atom stereocenters. The van der Waals surface area contributed by atoms with Gasteiger partial charge in [-0.2, -0.15) is 5.10 Å². The molecule has 3 aromatic rings. The highest BCUT2D eigenvalue weighted by Crippen LogP contribution is 2.17. The van der Waals surface area contributed by atoms with Gasteiger partial charge < -0.3 is 5.32 Å². The molecule has 1 aromatic carbocycles. The molecular formula is C18H18FN5O. The van der Waals surface area contributed by atoms with Crippen molar-refractivity contribution in [1.82, 2.24) is 25.1 Å². The molecule has 6 nitrogen and oxygen atoms in total. The first-order valence-corrected chi connectivity index (χ1v) is 7.86. The number of hydrogen-bond acceptors (Lipinski definition) is 4. The van der Waals surface area contributed by atoms with Crippen LogP contribution in [0.4, 0.5) is 4.39 Å². The fourth-order valence-corrected chi connectivity index (χ4v) is 2.52. The van der Waals surface area contributed by atoms with Crippen LogP contribution in [0, 0.1) is 19.7 Å². The van der Waals surface area contributed by atoms with Gasteiger partial charge in [0.15, 0.2) is 0 Å². The van der Waals surface area contributed by atoms with E-state index < -0.39 is 0 Å². The van der Waals surface area contributed by atoms with Crippen LogP contribution >= 0.6 is 0 Å². The summed E-state index contributed by atoms with van der Waals surface area (Å²) in [5, 5.41) is 7.05. The Morgan fingerprint density at radius 2 is 2.00 bits per heavy atom. The SMILES string of the molecule is Cc1cc(C(=O)NC(C)c2cnn(-c3ccccc3F)c2)nc(C)n1. The first-order valence-electron chi connectivity index (χ1n) is 7.86. The first-order chi connectivity index (χ1) is 11.9. The van der Waals surface area contributed by atoms with Gasteiger partial charge in [0, 0.05) is 17.5 Å². The maximum absolute atomic E-state index is 13.8. The second-order valence-electron chi connectivity index (χ2n) is 5.81. The van der Waals surface area contributed by atoms with Crippen LogP contribution in [0.3, 0.4) is 0 Å². The third-order valence-corrected chi connectivity index (χ3v) is 3.75. The van der Waals surface area contributed by atoms with Crippen LogP contribution in [-0.2, 0) is 0 Å². The second kappa shape index (κ2) is 6.80. The summed E-state index contributed by atoms with van der Waals surface area (Å²) in [5.41, 5.74) is 2.17. The summed E-state index contributed by atoms with van der Waals surface area (Å²) in [4.78, 5) is 20.7. The summed E-state index contributed by atoms with van der Waals surface area (Å²) in [7, 11) is 0. The van der Waals surface area contributed by atoms with E-state index in [1.807, 2.05) is 13.8 Å². The van der Waals surface area contributed by atoms with Gasteiger partial charge in [-0.1, -0.05) is 12.1 Å². The number of nitrogens with zero attached hydrogens (tertiary/aromatic N) is 4. The highest BCUT2D eigenvalue weighted by Gasteiger charge is 2.16. The topological polar surface area (TPSA) is 72.7 Å². The molecule has 0 spiro atoms. The molecule has 1 N–H and O–H groups in total. The number of carbonyl (C=O) groups excluding carboxylic acids is 1. The largest absolute Gasteiger partial charge is 0.344 e. The quantitative estimate of drug-likeness (QED) is 0.793. The zero-order valence-corrected chi connectivity index (χ0v) is 14.2. The van der Waals surface area contributed by atoms with Gasteiger partial charge in [0.1, 0.15) is 23.0 Å². The van der Waals surface area contributed by atoms with Crippen LogP contribution < -0.4 is 5.32 Å². The van der Waals surface area contributed by atoms with E-state index in [4.69, 9.17) is 0 Å². The van der Waals surface area contributed by atoms with Gasteiger partial charge >= 0.3 is 0 Å². The molecule has 2 aromatic heterocycles. The van der Waals surface area contributed by atoms with E-state index in [9.17, 15) is 9.18 Å². The lowest BCUT2D eigenvalue weighted by atomic mass is 10.2. The molecule has 0 saturated heterocycles. The van der Waals surface area contributed by atoms with Gasteiger partial charge in [-0.3, -0.25) is 4.79 Å². The third-order valence-electron chi connectivity index (χ3n) is 3.75. The van der Waals surface area contributed by atoms with Crippen molar-refractivity contribution in [3.05, 3.63) is 71.3 Å². The number of aromatic nitrogens is 4. The van der Waals surface area contributed by atoms with Crippen molar-refractivity contribution in [2.75, 3.05) is 0 Å². The lowest BCUT2D eigenvalue weighted by Gasteiger charge is -2.12. The Kier molecular flexibility index (Phi) is 4.56. The molecular weight excluding hydrogens is 321 g/mol. The number of benzene rings is 1. The highest BCUT2D eigenvalue weighted by atomic mass is 19.1. The molecule has 0 radical (unpaired) electrons. The van der Waals surface area contributed by atoms with E-state index in [1.54, 1.807) is 43.6 Å². The summed E-state index contributed by atoms with van der Waals surface area (Å²) in [5.74, 6) is -0.106. The van der Waals surface area contributed by atoms with Crippen molar-refractivity contribution in [3.63, 3.8) is 0 Å². The standard InChI is InChI=1S/C18H18FN5O/c1-11-8-16(23-13(3)21-11)18(25)22-12(2)14-9-20-24(10-14)17-7-5-4-6-15(17)19/h4-10,12H,1-3H3,(H,22,25). The minimum absolute atomic E-state index is 0.292. The normalized spacial score (nSPS) is 12.0. The van der Waals surface area contributed by atoms with Crippen LogP contribution in [-0.4, -0.2) is 25.7 Å². The molecule has 0 fully saturated rings. The van der Waals surface area contributed by atoms with Gasteiger partial charge in [-0.05, 0) is 39.0 Å². The number of para-hydroxylation sites is 1. The molecule has 7 heteroatoms. The summed E-state index contributed by atoms with van der Waals surface area (Å²) in [6.45, 7) is 5.39. The number of aryl methyl sites for hydroxylation is 2. The number of carbonyl (C=O) groups is 1. The van der Waals surface area contributed by atoms with E-state index in [0.29, 0.717) is 17.2 Å². The first kappa shape index (κ1) is 16.8. The van der Waals surface area contributed by atoms with Crippen LogP contribution in [0.5, 0.6) is 0 Å². The molecule has 128 valence electrons. The molecule has 0 aliphatic rings. The maximum Gasteiger partial charge on any atom is 0.270 e. The minimum atomic E-state index is -0.360. The van der Waals surface area contributed by atoms with Crippen molar-refractivity contribution in [2.45, 2.75) is 26.8 Å². The molecule has 0 saturated carbocycles. The Morgan fingerprint density at radius 3 is 2.72 bits per heavy atom. The van der Waals surface area contributed by atoms with Crippen molar-refractivity contribution >= 4 is 5.91 Å². The van der Waals surface area contributed by atoms with E-state index >= 15 is 0 Å². The zero-order chi connectivity index (χ0) is 18.0. The number of amides is 1. The van der Waals surface area contributed by atoms with Crippen molar-refractivity contribution in [3.8, 4) is 5.69 Å². The number of nitrogens with one attached hydrogen (secondary N) is 1. The van der Waals surface area contributed by atoms with Crippen molar-refractivity contribution in [1.29, 1.82) is 0 Å². The minimum Gasteiger partial charge on any atom is -0.344 e. The smallest absolute Gasteiger partial charge is 0.270 e. The average Bonchev–Trinajstić information content (AvgIpc) is 3.04. The fourth-order valence-electron chi connectivity index (χ4n) is 2.52. The van der Waals surface area contributed by atoms with Gasteiger partial charge in [-0.15, -0.1) is 0 Å². The molecule has 2 heterocycles. The molecule has 0 aliphatic carbocycles. The number of halogens is 1. The summed E-state index contributed by atoms with van der Waals surface area (Å²) >= 11 is 0. The van der Waals surface area contributed by atoms with Gasteiger partial charge in [-0.25, -0.2) is 19.0 Å². The van der Waals surface area contributed by atoms with Gasteiger partial charge in [0.25, 0.3) is 5.91 Å². The number of hydrogen-bond donors (Lipinski definition) is 1. The van der Waals surface area contributed by atoms with Gasteiger partial charge in [0.05, 0.1) is 12.2 Å². The third kappa shape index (κ3) is 3.71. The van der Waals surface area contributed by atoms with E-state index in [2.05, 4.69) is 20.4 Å². The zero-order valence-electron chi connectivity index (χ0n) is 14.2. The van der Waals surface area contributed by atoms with Crippen molar-refractivity contribution < 1.29 is 9.18 Å². The molecule has 3 rings (SSSR count). The van der Waals surface area contributed by atoms with Crippen LogP contribution in [0.15, 0.2) is 42.7 Å². The van der Waals surface area contributed by atoms with E-state index in [1.165, 1.54) is 10.7 Å². The Hall–Kier alpha value is -3.09. The highest BCUT2D eigenvalue weighted by molar-refractivity contribution is 5.92. The molecule has 1 amide bonds. The molecule has 0 aliphatic heterocycles. The van der Waals surface area contributed by atoms with Crippen molar-refractivity contribution in [2.24, 2.45) is 0 Å². The Labute approximate surface area is 144 Å². The predicted octanol–water partition coefficient (Wildman–Crippen LogP) is 2.91. The van der Waals surface area contributed by atoms with Crippen LogP contribution in [0.1, 0.15) is 40.5 Å². The molecule has 25 heavy (non-hydrogen) atoms. The summed E-state index contributed by atoms with van der Waals surface area (Å²) in [6, 6.07) is 7.72. The van der Waals surface area contributed by atoms with E-state index in [-0.39, 0.29) is 17.8 Å². The average molecular weight is 339 g/mol. The van der Waals surface area contributed by atoms with E-state index in [0.717, 1.165) is 11.3 Å². The Bertz CT molecular complexity index is 901. The van der Waals surface area contributed by atoms with Crippen LogP contribution in [0.25, 0.3) is 5.69 Å². The molecule has 1 unspecified atom stereocenters. The second-order valence-corrected chi connectivity index (χ2v) is 5.81. The fraction of sp³-hybridized carbons (Fsp3) is 0.222. The lowest BCUT2D eigenvalue weighted by molar-refractivity contribution is 0.0934. The molecule has 0 bridgehead atoms. The van der Waals surface area contributed by atoms with Crippen LogP contribution in [0.2, 0.25) is 0 Å². The Morgan fingerprint density at radius 1 is 1.24 bits per heavy atom. The maximum atomic E-state index is 13.8. The van der Waals surface area contributed by atoms with Gasteiger partial charge in [0.2, 0.25) is 0 Å².